The molecule has 2 amide bonds. The van der Waals surface area contributed by atoms with Gasteiger partial charge in [0.05, 0.1) is 6.04 Å². The summed E-state index contributed by atoms with van der Waals surface area (Å²) in [4.78, 5) is 39.9. The van der Waals surface area contributed by atoms with Crippen LogP contribution in [0.25, 0.3) is 10.9 Å². The van der Waals surface area contributed by atoms with E-state index in [2.05, 4.69) is 4.98 Å². The van der Waals surface area contributed by atoms with Crippen molar-refractivity contribution in [3.8, 4) is 5.75 Å². The Balaban J connectivity index is 1.77. The Hall–Kier alpha value is -3.85. The van der Waals surface area contributed by atoms with Crippen molar-refractivity contribution < 1.29 is 24.2 Å². The number of ether oxygens (including phenoxy) is 1. The van der Waals surface area contributed by atoms with Crippen LogP contribution in [-0.4, -0.2) is 39.5 Å². The summed E-state index contributed by atoms with van der Waals surface area (Å²) in [5.74, 6) is -1.24. The Labute approximate surface area is 197 Å². The molecule has 1 aromatic heterocycles. The van der Waals surface area contributed by atoms with Gasteiger partial charge in [-0.1, -0.05) is 12.1 Å². The fraction of sp³-hybridized carbons (Fsp3) is 0.320. The number of aromatic nitrogens is 1. The van der Waals surface area contributed by atoms with Gasteiger partial charge in [0.1, 0.15) is 18.1 Å². The van der Waals surface area contributed by atoms with Gasteiger partial charge < -0.3 is 31.2 Å². The Bertz CT molecular complexity index is 1210. The highest BCUT2D eigenvalue weighted by Gasteiger charge is 2.31. The number of rotatable bonds is 9. The summed E-state index contributed by atoms with van der Waals surface area (Å²) in [6.45, 7) is 5.93. The Morgan fingerprint density at radius 3 is 2.50 bits per heavy atom. The molecule has 0 aliphatic carbocycles. The smallest absolute Gasteiger partial charge is 0.303 e. The first kappa shape index (κ1) is 24.8. The second kappa shape index (κ2) is 9.96. The lowest BCUT2D eigenvalue weighted by Crippen LogP contribution is -2.52. The van der Waals surface area contributed by atoms with Gasteiger partial charge in [-0.05, 0) is 69.2 Å². The molecular weight excluding hydrogens is 436 g/mol. The van der Waals surface area contributed by atoms with Gasteiger partial charge in [-0.15, -0.1) is 0 Å². The molecule has 0 unspecified atom stereocenters. The fourth-order valence-corrected chi connectivity index (χ4v) is 3.70. The summed E-state index contributed by atoms with van der Waals surface area (Å²) >= 11 is 0. The van der Waals surface area contributed by atoms with E-state index in [1.165, 1.54) is 0 Å². The molecule has 0 radical (unpaired) electrons. The average Bonchev–Trinajstić information content (AvgIpc) is 3.19. The van der Waals surface area contributed by atoms with Gasteiger partial charge in [-0.3, -0.25) is 14.4 Å². The zero-order chi connectivity index (χ0) is 25.0. The molecule has 6 N–H and O–H groups in total. The van der Waals surface area contributed by atoms with Crippen LogP contribution in [0.4, 0.5) is 5.69 Å². The molecule has 0 bridgehead atoms. The first-order chi connectivity index (χ1) is 16.0. The number of primary amides is 1. The summed E-state index contributed by atoms with van der Waals surface area (Å²) in [5, 5.41) is 9.72. The van der Waals surface area contributed by atoms with Crippen molar-refractivity contribution in [2.45, 2.75) is 51.8 Å². The number of aromatic amines is 1. The molecule has 1 heterocycles. The number of nitrogens with zero attached hydrogens (tertiary/aromatic N) is 1. The SMILES string of the molecule is CC(C)(C)N(C(=O)[C@@H](N)CCC(=O)O)c1cccc(COc2ccc3[nH]c(C(N)=O)cc3c2)c1. The van der Waals surface area contributed by atoms with Crippen LogP contribution in [0.1, 0.15) is 49.7 Å². The molecule has 180 valence electrons. The molecule has 0 fully saturated rings. The van der Waals surface area contributed by atoms with Crippen molar-refractivity contribution in [3.05, 3.63) is 59.8 Å². The number of hydrogen-bond acceptors (Lipinski definition) is 5. The quantitative estimate of drug-likeness (QED) is 0.380. The number of hydrogen-bond donors (Lipinski definition) is 4. The third-order valence-corrected chi connectivity index (χ3v) is 5.31. The number of H-pyrrole nitrogens is 1. The molecule has 3 aromatic rings. The van der Waals surface area contributed by atoms with Gasteiger partial charge in [0, 0.05) is 28.6 Å². The van der Waals surface area contributed by atoms with E-state index in [1.807, 2.05) is 57.2 Å². The van der Waals surface area contributed by atoms with E-state index in [4.69, 9.17) is 21.3 Å². The van der Waals surface area contributed by atoms with E-state index < -0.39 is 23.5 Å². The van der Waals surface area contributed by atoms with Gasteiger partial charge in [0.25, 0.3) is 5.91 Å². The molecule has 0 spiro atoms. The van der Waals surface area contributed by atoms with E-state index in [0.717, 1.165) is 16.5 Å². The molecule has 0 aliphatic rings. The summed E-state index contributed by atoms with van der Waals surface area (Å²) in [5.41, 5.74) is 13.4. The highest BCUT2D eigenvalue weighted by molar-refractivity contribution is 5.98. The fourth-order valence-electron chi connectivity index (χ4n) is 3.70. The van der Waals surface area contributed by atoms with Crippen molar-refractivity contribution >= 4 is 34.4 Å². The van der Waals surface area contributed by atoms with E-state index >= 15 is 0 Å². The van der Waals surface area contributed by atoms with Crippen LogP contribution in [0.2, 0.25) is 0 Å². The number of carboxylic acids is 1. The van der Waals surface area contributed by atoms with Crippen LogP contribution in [0.3, 0.4) is 0 Å². The molecule has 1 atom stereocenters. The first-order valence-corrected chi connectivity index (χ1v) is 10.9. The van der Waals surface area contributed by atoms with Crippen LogP contribution in [-0.2, 0) is 16.2 Å². The highest BCUT2D eigenvalue weighted by Crippen LogP contribution is 2.27. The molecule has 34 heavy (non-hydrogen) atoms. The van der Waals surface area contributed by atoms with Gasteiger partial charge in [0.15, 0.2) is 0 Å². The highest BCUT2D eigenvalue weighted by atomic mass is 16.5. The molecule has 0 aliphatic heterocycles. The van der Waals surface area contributed by atoms with Crippen molar-refractivity contribution in [2.75, 3.05) is 4.90 Å². The summed E-state index contributed by atoms with van der Waals surface area (Å²) in [6, 6.07) is 13.6. The average molecular weight is 467 g/mol. The predicted octanol–water partition coefficient (Wildman–Crippen LogP) is 3.17. The van der Waals surface area contributed by atoms with Crippen LogP contribution >= 0.6 is 0 Å². The maximum absolute atomic E-state index is 13.1. The zero-order valence-corrected chi connectivity index (χ0v) is 19.5. The van der Waals surface area contributed by atoms with Crippen molar-refractivity contribution in [3.63, 3.8) is 0 Å². The van der Waals surface area contributed by atoms with Crippen LogP contribution < -0.4 is 21.1 Å². The number of fused-ring (bicyclic) bond motifs is 1. The third kappa shape index (κ3) is 5.93. The maximum atomic E-state index is 13.1. The number of carboxylic acid groups (broad SMARTS) is 1. The molecular formula is C25H30N4O5. The van der Waals surface area contributed by atoms with Gasteiger partial charge in [-0.25, -0.2) is 0 Å². The second-order valence-electron chi connectivity index (χ2n) is 9.14. The number of nitrogens with one attached hydrogen (secondary N) is 1. The van der Waals surface area contributed by atoms with Crippen molar-refractivity contribution in [1.82, 2.24) is 4.98 Å². The normalized spacial score (nSPS) is 12.4. The lowest BCUT2D eigenvalue weighted by molar-refractivity contribution is -0.137. The lowest BCUT2D eigenvalue weighted by Gasteiger charge is -2.37. The molecule has 9 heteroatoms. The molecule has 2 aromatic carbocycles. The predicted molar refractivity (Wildman–Crippen MR) is 130 cm³/mol. The first-order valence-electron chi connectivity index (χ1n) is 10.9. The Kier molecular flexibility index (Phi) is 7.26. The zero-order valence-electron chi connectivity index (χ0n) is 19.5. The topological polar surface area (TPSA) is 152 Å². The Morgan fingerprint density at radius 2 is 1.85 bits per heavy atom. The summed E-state index contributed by atoms with van der Waals surface area (Å²) in [6.07, 6.45) is -0.117. The monoisotopic (exact) mass is 466 g/mol. The van der Waals surface area contributed by atoms with Crippen molar-refractivity contribution in [1.29, 1.82) is 0 Å². The van der Waals surface area contributed by atoms with E-state index in [1.54, 1.807) is 17.0 Å². The second-order valence-corrected chi connectivity index (χ2v) is 9.14. The standard InChI is InChI=1S/C25H30N4O5/c1-25(2,3)29(24(33)19(26)8-10-22(30)31)17-6-4-5-15(11-17)14-34-18-7-9-20-16(12-18)13-21(28-20)23(27)32/h4-7,9,11-13,19,28H,8,10,14,26H2,1-3H3,(H2,27,32)(H,30,31)/t19-/m0/s1. The third-order valence-electron chi connectivity index (χ3n) is 5.31. The molecule has 0 saturated carbocycles. The van der Waals surface area contributed by atoms with E-state index in [-0.39, 0.29) is 25.4 Å². The number of amides is 2. The molecule has 3 rings (SSSR count). The number of carbonyl (C=O) groups is 3. The number of nitrogens with two attached hydrogens (primary N) is 2. The van der Waals surface area contributed by atoms with Gasteiger partial charge in [0.2, 0.25) is 5.91 Å². The van der Waals surface area contributed by atoms with E-state index in [0.29, 0.717) is 17.1 Å². The largest absolute Gasteiger partial charge is 0.489 e. The van der Waals surface area contributed by atoms with Crippen LogP contribution in [0, 0.1) is 0 Å². The minimum absolute atomic E-state index is 0.0582. The Morgan fingerprint density at radius 1 is 1.12 bits per heavy atom. The van der Waals surface area contributed by atoms with Gasteiger partial charge >= 0.3 is 5.97 Å². The lowest BCUT2D eigenvalue weighted by atomic mass is 10.0. The summed E-state index contributed by atoms with van der Waals surface area (Å²) < 4.78 is 5.94. The number of carbonyl (C=O) groups excluding carboxylic acids is 2. The number of benzene rings is 2. The molecule has 0 saturated heterocycles. The number of anilines is 1. The van der Waals surface area contributed by atoms with Crippen LogP contribution in [0.15, 0.2) is 48.5 Å². The van der Waals surface area contributed by atoms with Crippen molar-refractivity contribution in [2.24, 2.45) is 11.5 Å². The maximum Gasteiger partial charge on any atom is 0.303 e. The molecule has 9 nitrogen and oxygen atoms in total. The summed E-state index contributed by atoms with van der Waals surface area (Å²) in [7, 11) is 0. The number of aliphatic carboxylic acids is 1. The van der Waals surface area contributed by atoms with E-state index in [9.17, 15) is 14.4 Å². The van der Waals surface area contributed by atoms with Crippen LogP contribution in [0.5, 0.6) is 5.75 Å². The van der Waals surface area contributed by atoms with Gasteiger partial charge in [-0.2, -0.15) is 0 Å². The minimum Gasteiger partial charge on any atom is -0.489 e. The minimum atomic E-state index is -0.992.